The Hall–Kier alpha value is -0.730. The Bertz CT molecular complexity index is 437. The molecule has 0 aromatic heterocycles. The third-order valence-electron chi connectivity index (χ3n) is 4.20. The molecule has 1 atom stereocenters. The van der Waals surface area contributed by atoms with Crippen molar-refractivity contribution in [3.05, 3.63) is 28.8 Å². The molecule has 2 rings (SSSR count). The smallest absolute Gasteiger partial charge is 0.0471 e. The van der Waals surface area contributed by atoms with Gasteiger partial charge >= 0.3 is 0 Å². The van der Waals surface area contributed by atoms with E-state index in [9.17, 15) is 0 Å². The molecule has 3 heteroatoms. The minimum Gasteiger partial charge on any atom is -0.371 e. The van der Waals surface area contributed by atoms with Crippen LogP contribution in [-0.4, -0.2) is 20.1 Å². The van der Waals surface area contributed by atoms with Crippen LogP contribution < -0.4 is 10.2 Å². The van der Waals surface area contributed by atoms with E-state index >= 15 is 0 Å². The molecule has 0 spiro atoms. The van der Waals surface area contributed by atoms with Crippen molar-refractivity contribution in [3.8, 4) is 0 Å². The van der Waals surface area contributed by atoms with Gasteiger partial charge in [-0.15, -0.1) is 0 Å². The number of halogens is 1. The van der Waals surface area contributed by atoms with Crippen LogP contribution in [0.4, 0.5) is 5.69 Å². The van der Waals surface area contributed by atoms with Gasteiger partial charge in [-0.2, -0.15) is 0 Å². The standard InChI is InChI=1S/C16H25ClN2/c1-16(2,3)12-8-9-19(11-12)15-7-5-6-14(17)13(15)10-18-4/h5-7,12,18H,8-11H2,1-4H3. The Morgan fingerprint density at radius 3 is 2.68 bits per heavy atom. The fraction of sp³-hybridized carbons (Fsp3) is 0.625. The minimum atomic E-state index is 0.385. The molecular weight excluding hydrogens is 256 g/mol. The molecule has 1 aliphatic heterocycles. The van der Waals surface area contributed by atoms with Crippen LogP contribution in [-0.2, 0) is 6.54 Å². The average molecular weight is 281 g/mol. The van der Waals surface area contributed by atoms with Gasteiger partial charge in [-0.1, -0.05) is 38.4 Å². The monoisotopic (exact) mass is 280 g/mol. The zero-order valence-corrected chi connectivity index (χ0v) is 13.2. The van der Waals surface area contributed by atoms with E-state index < -0.39 is 0 Å². The fourth-order valence-corrected chi connectivity index (χ4v) is 3.12. The molecule has 1 saturated heterocycles. The van der Waals surface area contributed by atoms with Crippen molar-refractivity contribution in [1.82, 2.24) is 5.32 Å². The van der Waals surface area contributed by atoms with Crippen LogP contribution in [0.15, 0.2) is 18.2 Å². The summed E-state index contributed by atoms with van der Waals surface area (Å²) in [4.78, 5) is 2.49. The van der Waals surface area contributed by atoms with Crippen LogP contribution in [0.1, 0.15) is 32.8 Å². The van der Waals surface area contributed by atoms with Gasteiger partial charge in [-0.3, -0.25) is 0 Å². The van der Waals surface area contributed by atoms with Gasteiger partial charge in [0.05, 0.1) is 0 Å². The number of hydrogen-bond donors (Lipinski definition) is 1. The Balaban J connectivity index is 2.22. The summed E-state index contributed by atoms with van der Waals surface area (Å²) in [6, 6.07) is 6.24. The topological polar surface area (TPSA) is 15.3 Å². The second kappa shape index (κ2) is 5.72. The highest BCUT2D eigenvalue weighted by atomic mass is 35.5. The van der Waals surface area contributed by atoms with Crippen molar-refractivity contribution in [3.63, 3.8) is 0 Å². The number of hydrogen-bond acceptors (Lipinski definition) is 2. The first-order valence-electron chi connectivity index (χ1n) is 7.10. The number of rotatable bonds is 3. The van der Waals surface area contributed by atoms with Crippen LogP contribution in [0.3, 0.4) is 0 Å². The van der Waals surface area contributed by atoms with Gasteiger partial charge in [0.25, 0.3) is 0 Å². The van der Waals surface area contributed by atoms with Crippen molar-refractivity contribution in [2.24, 2.45) is 11.3 Å². The summed E-state index contributed by atoms with van der Waals surface area (Å²) in [5, 5.41) is 4.09. The highest BCUT2D eigenvalue weighted by Gasteiger charge is 2.32. The number of nitrogens with one attached hydrogen (secondary N) is 1. The normalized spacial score (nSPS) is 20.1. The predicted octanol–water partition coefficient (Wildman–Crippen LogP) is 3.93. The number of nitrogens with zero attached hydrogens (tertiary/aromatic N) is 1. The molecule has 1 aromatic carbocycles. The summed E-state index contributed by atoms with van der Waals surface area (Å²) in [5.41, 5.74) is 2.91. The van der Waals surface area contributed by atoms with E-state index in [0.29, 0.717) is 5.41 Å². The van der Waals surface area contributed by atoms with Crippen molar-refractivity contribution >= 4 is 17.3 Å². The van der Waals surface area contributed by atoms with E-state index in [2.05, 4.69) is 43.1 Å². The molecule has 19 heavy (non-hydrogen) atoms. The summed E-state index contributed by atoms with van der Waals surface area (Å²) < 4.78 is 0. The maximum atomic E-state index is 6.35. The first-order chi connectivity index (χ1) is 8.93. The Labute approximate surface area is 122 Å². The second-order valence-electron chi connectivity index (χ2n) is 6.57. The van der Waals surface area contributed by atoms with Crippen LogP contribution in [0.25, 0.3) is 0 Å². The van der Waals surface area contributed by atoms with Crippen LogP contribution in [0.2, 0.25) is 5.02 Å². The van der Waals surface area contributed by atoms with E-state index in [4.69, 9.17) is 11.6 Å². The lowest BCUT2D eigenvalue weighted by Gasteiger charge is -2.28. The van der Waals surface area contributed by atoms with Gasteiger partial charge in [0.2, 0.25) is 0 Å². The second-order valence-corrected chi connectivity index (χ2v) is 6.97. The largest absolute Gasteiger partial charge is 0.371 e. The van der Waals surface area contributed by atoms with Crippen LogP contribution in [0.5, 0.6) is 0 Å². The number of anilines is 1. The zero-order chi connectivity index (χ0) is 14.0. The van der Waals surface area contributed by atoms with Gasteiger partial charge in [0.15, 0.2) is 0 Å². The number of benzene rings is 1. The van der Waals surface area contributed by atoms with Crippen molar-refractivity contribution < 1.29 is 0 Å². The molecule has 1 unspecified atom stereocenters. The zero-order valence-electron chi connectivity index (χ0n) is 12.5. The van der Waals surface area contributed by atoms with Gasteiger partial charge < -0.3 is 10.2 Å². The lowest BCUT2D eigenvalue weighted by atomic mass is 9.80. The molecule has 1 N–H and O–H groups in total. The highest BCUT2D eigenvalue weighted by Crippen LogP contribution is 2.37. The lowest BCUT2D eigenvalue weighted by molar-refractivity contribution is 0.263. The van der Waals surface area contributed by atoms with Gasteiger partial charge in [0, 0.05) is 35.9 Å². The summed E-state index contributed by atoms with van der Waals surface area (Å²) in [6.45, 7) is 10.1. The third-order valence-corrected chi connectivity index (χ3v) is 4.56. The minimum absolute atomic E-state index is 0.385. The highest BCUT2D eigenvalue weighted by molar-refractivity contribution is 6.31. The third kappa shape index (κ3) is 3.24. The van der Waals surface area contributed by atoms with Crippen LogP contribution >= 0.6 is 11.6 Å². The van der Waals surface area contributed by atoms with E-state index in [-0.39, 0.29) is 0 Å². The van der Waals surface area contributed by atoms with Crippen molar-refractivity contribution in [1.29, 1.82) is 0 Å². The van der Waals surface area contributed by atoms with E-state index in [0.717, 1.165) is 30.6 Å². The maximum absolute atomic E-state index is 6.35. The molecule has 0 bridgehead atoms. The molecule has 106 valence electrons. The molecule has 1 heterocycles. The maximum Gasteiger partial charge on any atom is 0.0471 e. The predicted molar refractivity (Wildman–Crippen MR) is 84.0 cm³/mol. The Morgan fingerprint density at radius 2 is 2.11 bits per heavy atom. The molecule has 0 radical (unpaired) electrons. The lowest BCUT2D eigenvalue weighted by Crippen LogP contribution is -2.27. The Morgan fingerprint density at radius 1 is 1.37 bits per heavy atom. The average Bonchev–Trinajstić information content (AvgIpc) is 2.81. The van der Waals surface area contributed by atoms with Gasteiger partial charge in [0.1, 0.15) is 0 Å². The van der Waals surface area contributed by atoms with Gasteiger partial charge in [-0.05, 0) is 36.9 Å². The van der Waals surface area contributed by atoms with Gasteiger partial charge in [-0.25, -0.2) is 0 Å². The molecule has 1 fully saturated rings. The molecular formula is C16H25ClN2. The quantitative estimate of drug-likeness (QED) is 0.902. The molecule has 1 aromatic rings. The first kappa shape index (κ1) is 14.7. The summed E-state index contributed by atoms with van der Waals surface area (Å²) in [5.74, 6) is 0.758. The molecule has 1 aliphatic rings. The SMILES string of the molecule is CNCc1c(Cl)cccc1N1CCC(C(C)(C)C)C1. The van der Waals surface area contributed by atoms with E-state index in [1.165, 1.54) is 17.7 Å². The first-order valence-corrected chi connectivity index (χ1v) is 7.48. The summed E-state index contributed by atoms with van der Waals surface area (Å²) in [6.07, 6.45) is 1.27. The fourth-order valence-electron chi connectivity index (χ4n) is 2.88. The molecule has 0 saturated carbocycles. The summed E-state index contributed by atoms with van der Waals surface area (Å²) in [7, 11) is 1.97. The molecule has 2 nitrogen and oxygen atoms in total. The molecule has 0 aliphatic carbocycles. The molecule has 0 amide bonds. The summed E-state index contributed by atoms with van der Waals surface area (Å²) >= 11 is 6.35. The van der Waals surface area contributed by atoms with Crippen molar-refractivity contribution in [2.75, 3.05) is 25.0 Å². The van der Waals surface area contributed by atoms with E-state index in [1.54, 1.807) is 0 Å². The van der Waals surface area contributed by atoms with Crippen molar-refractivity contribution in [2.45, 2.75) is 33.7 Å². The Kier molecular flexibility index (Phi) is 4.42. The van der Waals surface area contributed by atoms with Crippen LogP contribution in [0, 0.1) is 11.3 Å². The van der Waals surface area contributed by atoms with E-state index in [1.807, 2.05) is 13.1 Å².